The van der Waals surface area contributed by atoms with Crippen molar-refractivity contribution in [1.82, 2.24) is 19.7 Å². The second kappa shape index (κ2) is 6.02. The van der Waals surface area contributed by atoms with Crippen LogP contribution in [-0.4, -0.2) is 38.2 Å². The molecular weight excluding hydrogens is 316 g/mol. The number of amides is 1. The minimum absolute atomic E-state index is 0.0558. The van der Waals surface area contributed by atoms with Gasteiger partial charge >= 0.3 is 0 Å². The zero-order valence-corrected chi connectivity index (χ0v) is 14.8. The first-order valence-corrected chi connectivity index (χ1v) is 8.70. The number of aromatic nitrogens is 3. The van der Waals surface area contributed by atoms with Crippen LogP contribution >= 0.6 is 0 Å². The van der Waals surface area contributed by atoms with Gasteiger partial charge in [-0.05, 0) is 51.8 Å². The van der Waals surface area contributed by atoms with Crippen LogP contribution in [0, 0.1) is 20.8 Å². The van der Waals surface area contributed by atoms with E-state index in [4.69, 9.17) is 4.42 Å². The van der Waals surface area contributed by atoms with Gasteiger partial charge in [0, 0.05) is 24.0 Å². The maximum Gasteiger partial charge on any atom is 0.289 e. The Morgan fingerprint density at radius 1 is 1.24 bits per heavy atom. The lowest BCUT2D eigenvalue weighted by molar-refractivity contribution is 0.0691. The van der Waals surface area contributed by atoms with Crippen LogP contribution in [0.1, 0.15) is 40.5 Å². The van der Waals surface area contributed by atoms with Crippen LogP contribution in [0.2, 0.25) is 0 Å². The van der Waals surface area contributed by atoms with Gasteiger partial charge in [0.05, 0.1) is 18.3 Å². The summed E-state index contributed by atoms with van der Waals surface area (Å²) in [5.41, 5.74) is 4.43. The van der Waals surface area contributed by atoms with E-state index < -0.39 is 0 Å². The second-order valence-corrected chi connectivity index (χ2v) is 6.85. The first-order valence-electron chi connectivity index (χ1n) is 8.70. The molecule has 25 heavy (non-hydrogen) atoms. The Morgan fingerprint density at radius 2 is 2.08 bits per heavy atom. The Bertz CT molecular complexity index is 940. The van der Waals surface area contributed by atoms with Crippen molar-refractivity contribution in [2.45, 2.75) is 46.2 Å². The molecule has 3 aromatic rings. The van der Waals surface area contributed by atoms with E-state index in [9.17, 15) is 4.79 Å². The molecule has 1 aliphatic heterocycles. The van der Waals surface area contributed by atoms with Gasteiger partial charge in [0.2, 0.25) is 0 Å². The average Bonchev–Trinajstić information content (AvgIpc) is 3.26. The molecule has 0 radical (unpaired) electrons. The van der Waals surface area contributed by atoms with Gasteiger partial charge in [0.15, 0.2) is 11.3 Å². The Morgan fingerprint density at radius 3 is 2.84 bits per heavy atom. The Kier molecular flexibility index (Phi) is 3.82. The number of aryl methyl sites for hydroxylation is 3. The monoisotopic (exact) mass is 338 g/mol. The Labute approximate surface area is 146 Å². The molecule has 4 rings (SSSR count). The maximum atomic E-state index is 13.0. The molecule has 1 atom stereocenters. The van der Waals surface area contributed by atoms with E-state index >= 15 is 0 Å². The zero-order chi connectivity index (χ0) is 17.6. The normalized spacial score (nSPS) is 17.6. The molecule has 1 saturated heterocycles. The summed E-state index contributed by atoms with van der Waals surface area (Å²) in [6.45, 7) is 7.45. The van der Waals surface area contributed by atoms with Gasteiger partial charge in [0.1, 0.15) is 5.52 Å². The van der Waals surface area contributed by atoms with Crippen LogP contribution in [0.3, 0.4) is 0 Å². The van der Waals surface area contributed by atoms with Crippen LogP contribution in [0.25, 0.3) is 11.1 Å². The van der Waals surface area contributed by atoms with E-state index in [1.165, 1.54) is 0 Å². The third kappa shape index (κ3) is 2.92. The summed E-state index contributed by atoms with van der Waals surface area (Å²) in [6, 6.07) is 7.72. The number of carbonyl (C=O) groups excluding carboxylic acids is 1. The number of fused-ring (bicyclic) bond motifs is 1. The van der Waals surface area contributed by atoms with Crippen LogP contribution in [0.15, 0.2) is 28.7 Å². The average molecular weight is 338 g/mol. The van der Waals surface area contributed by atoms with Gasteiger partial charge in [0.25, 0.3) is 5.91 Å². The molecule has 4 heterocycles. The molecule has 1 unspecified atom stereocenters. The van der Waals surface area contributed by atoms with E-state index in [-0.39, 0.29) is 11.9 Å². The van der Waals surface area contributed by atoms with Gasteiger partial charge < -0.3 is 9.32 Å². The van der Waals surface area contributed by atoms with Crippen molar-refractivity contribution < 1.29 is 9.21 Å². The fraction of sp³-hybridized carbons (Fsp3) is 0.421. The number of pyridine rings is 1. The van der Waals surface area contributed by atoms with Crippen molar-refractivity contribution in [2.75, 3.05) is 6.54 Å². The maximum absolute atomic E-state index is 13.0. The van der Waals surface area contributed by atoms with Crippen molar-refractivity contribution >= 4 is 17.0 Å². The highest BCUT2D eigenvalue weighted by Crippen LogP contribution is 2.25. The lowest BCUT2D eigenvalue weighted by Crippen LogP contribution is -2.38. The second-order valence-electron chi connectivity index (χ2n) is 6.85. The molecule has 0 spiro atoms. The fourth-order valence-corrected chi connectivity index (χ4v) is 3.63. The SMILES string of the molecule is Cc1ccc2oc(C(=O)N3CCCC3Cn3nc(C)cc3C)cc2n1. The predicted octanol–water partition coefficient (Wildman–Crippen LogP) is 3.25. The lowest BCUT2D eigenvalue weighted by atomic mass is 10.2. The Hall–Kier alpha value is -2.63. The summed E-state index contributed by atoms with van der Waals surface area (Å²) in [7, 11) is 0. The van der Waals surface area contributed by atoms with Crippen LogP contribution in [-0.2, 0) is 6.54 Å². The molecule has 1 fully saturated rings. The molecular formula is C19H22N4O2. The molecule has 0 bridgehead atoms. The van der Waals surface area contributed by atoms with Crippen LogP contribution in [0.4, 0.5) is 0 Å². The predicted molar refractivity (Wildman–Crippen MR) is 94.5 cm³/mol. The van der Waals surface area contributed by atoms with E-state index in [1.54, 1.807) is 6.07 Å². The van der Waals surface area contributed by atoms with Crippen molar-refractivity contribution in [1.29, 1.82) is 0 Å². The summed E-state index contributed by atoms with van der Waals surface area (Å²) in [4.78, 5) is 19.3. The number of likely N-dealkylation sites (tertiary alicyclic amines) is 1. The lowest BCUT2D eigenvalue weighted by Gasteiger charge is -2.24. The summed E-state index contributed by atoms with van der Waals surface area (Å²) < 4.78 is 7.74. The van der Waals surface area contributed by atoms with Crippen LogP contribution in [0.5, 0.6) is 0 Å². The molecule has 6 nitrogen and oxygen atoms in total. The van der Waals surface area contributed by atoms with E-state index in [0.717, 1.165) is 48.5 Å². The quantitative estimate of drug-likeness (QED) is 0.735. The minimum atomic E-state index is -0.0558. The molecule has 0 aliphatic carbocycles. The molecule has 1 aliphatic rings. The highest BCUT2D eigenvalue weighted by Gasteiger charge is 2.32. The number of hydrogen-bond donors (Lipinski definition) is 0. The van der Waals surface area contributed by atoms with E-state index in [0.29, 0.717) is 11.3 Å². The molecule has 130 valence electrons. The number of hydrogen-bond acceptors (Lipinski definition) is 4. The largest absolute Gasteiger partial charge is 0.449 e. The van der Waals surface area contributed by atoms with Gasteiger partial charge in [-0.15, -0.1) is 0 Å². The number of nitrogens with zero attached hydrogens (tertiary/aromatic N) is 4. The molecule has 0 saturated carbocycles. The number of carbonyl (C=O) groups is 1. The third-order valence-corrected chi connectivity index (χ3v) is 4.85. The summed E-state index contributed by atoms with van der Waals surface area (Å²) in [5.74, 6) is 0.313. The summed E-state index contributed by atoms with van der Waals surface area (Å²) in [6.07, 6.45) is 2.00. The summed E-state index contributed by atoms with van der Waals surface area (Å²) >= 11 is 0. The van der Waals surface area contributed by atoms with Gasteiger partial charge in [-0.2, -0.15) is 5.10 Å². The zero-order valence-electron chi connectivity index (χ0n) is 14.8. The smallest absolute Gasteiger partial charge is 0.289 e. The first kappa shape index (κ1) is 15.9. The highest BCUT2D eigenvalue weighted by molar-refractivity contribution is 5.95. The molecule has 0 aromatic carbocycles. The van der Waals surface area contributed by atoms with Crippen LogP contribution < -0.4 is 0 Å². The van der Waals surface area contributed by atoms with Crippen molar-refractivity contribution in [2.24, 2.45) is 0 Å². The van der Waals surface area contributed by atoms with Gasteiger partial charge in [-0.1, -0.05) is 0 Å². The number of rotatable bonds is 3. The fourth-order valence-electron chi connectivity index (χ4n) is 3.63. The Balaban J connectivity index is 1.58. The summed E-state index contributed by atoms with van der Waals surface area (Å²) in [5, 5.41) is 4.53. The molecule has 6 heteroatoms. The number of furan rings is 1. The molecule has 1 amide bonds. The molecule has 0 N–H and O–H groups in total. The first-order chi connectivity index (χ1) is 12.0. The third-order valence-electron chi connectivity index (χ3n) is 4.85. The van der Waals surface area contributed by atoms with Crippen molar-refractivity contribution in [3.63, 3.8) is 0 Å². The van der Waals surface area contributed by atoms with Crippen molar-refractivity contribution in [3.05, 3.63) is 47.1 Å². The van der Waals surface area contributed by atoms with Crippen molar-refractivity contribution in [3.8, 4) is 0 Å². The highest BCUT2D eigenvalue weighted by atomic mass is 16.3. The van der Waals surface area contributed by atoms with E-state index in [2.05, 4.69) is 16.1 Å². The molecule has 3 aromatic heterocycles. The standard InChI is InChI=1S/C19H22N4O2/c1-12-6-7-17-16(20-12)10-18(25-17)19(24)22-8-4-5-15(22)11-23-14(3)9-13(2)21-23/h6-7,9-10,15H,4-5,8,11H2,1-3H3. The minimum Gasteiger partial charge on any atom is -0.449 e. The van der Waals surface area contributed by atoms with Gasteiger partial charge in [-0.25, -0.2) is 4.98 Å². The van der Waals surface area contributed by atoms with E-state index in [1.807, 2.05) is 42.5 Å². The van der Waals surface area contributed by atoms with Gasteiger partial charge in [-0.3, -0.25) is 9.48 Å². The topological polar surface area (TPSA) is 64.2 Å².